The second-order valence-electron chi connectivity index (χ2n) is 3.74. The molecule has 3 heteroatoms. The zero-order valence-corrected chi connectivity index (χ0v) is 13.7. The summed E-state index contributed by atoms with van der Waals surface area (Å²) in [6.45, 7) is 6.57. The summed E-state index contributed by atoms with van der Waals surface area (Å²) in [5, 5.41) is 2.86. The topological polar surface area (TPSA) is 0 Å². The number of benzene rings is 1. The minimum Gasteiger partial charge on any atom is -1.00 e. The van der Waals surface area contributed by atoms with Crippen molar-refractivity contribution in [2.24, 2.45) is 0 Å². The van der Waals surface area contributed by atoms with Crippen molar-refractivity contribution in [3.05, 3.63) is 41.0 Å². The van der Waals surface area contributed by atoms with Gasteiger partial charge in [0.1, 0.15) is 0 Å². The standard InChI is InChI=1S/C13H15.2ClH.Zr/c1-4-11-7-12-9(2)5-6-10(3)13(12)8-11;;;/h5-8H,4H2,1-3H3;2*1H;/q-1;;;+3/p-2. The Morgan fingerprint density at radius 1 is 1.06 bits per heavy atom. The molecule has 0 spiro atoms. The van der Waals surface area contributed by atoms with E-state index in [1.54, 1.807) is 0 Å². The molecule has 0 aliphatic rings. The smallest absolute Gasteiger partial charge is 1.00 e. The van der Waals surface area contributed by atoms with Crippen LogP contribution in [0.2, 0.25) is 0 Å². The molecule has 0 aromatic heterocycles. The molecule has 2 aromatic rings. The zero-order valence-electron chi connectivity index (χ0n) is 9.77. The second kappa shape index (κ2) is 7.59. The van der Waals surface area contributed by atoms with Crippen LogP contribution < -0.4 is 24.8 Å². The van der Waals surface area contributed by atoms with E-state index in [4.69, 9.17) is 0 Å². The van der Waals surface area contributed by atoms with Crippen molar-refractivity contribution in [1.82, 2.24) is 0 Å². The third kappa shape index (κ3) is 3.39. The van der Waals surface area contributed by atoms with Gasteiger partial charge in [0.05, 0.1) is 0 Å². The van der Waals surface area contributed by atoms with E-state index >= 15 is 0 Å². The molecular formula is C13H15Cl2Zr. The van der Waals surface area contributed by atoms with Crippen molar-refractivity contribution >= 4 is 10.8 Å². The van der Waals surface area contributed by atoms with Gasteiger partial charge in [-0.2, -0.15) is 6.07 Å². The molecule has 0 heterocycles. The van der Waals surface area contributed by atoms with Crippen LogP contribution in [0.3, 0.4) is 0 Å². The number of halogens is 2. The van der Waals surface area contributed by atoms with Gasteiger partial charge in [0.2, 0.25) is 0 Å². The summed E-state index contributed by atoms with van der Waals surface area (Å²) in [4.78, 5) is 0. The van der Waals surface area contributed by atoms with E-state index < -0.39 is 0 Å². The van der Waals surface area contributed by atoms with Crippen LogP contribution in [0.1, 0.15) is 23.6 Å². The van der Waals surface area contributed by atoms with Gasteiger partial charge in [-0.1, -0.05) is 25.5 Å². The van der Waals surface area contributed by atoms with Crippen molar-refractivity contribution in [2.45, 2.75) is 27.2 Å². The molecule has 0 aliphatic carbocycles. The molecule has 0 saturated heterocycles. The molecule has 0 N–H and O–H groups in total. The minimum absolute atomic E-state index is 0. The average Bonchev–Trinajstić information content (AvgIpc) is 2.56. The number of aryl methyl sites for hydroxylation is 3. The van der Waals surface area contributed by atoms with E-state index in [-0.39, 0.29) is 51.0 Å². The molecule has 0 fully saturated rings. The van der Waals surface area contributed by atoms with Crippen LogP contribution >= 0.6 is 0 Å². The maximum Gasteiger partial charge on any atom is 3.00 e. The molecule has 2 rings (SSSR count). The van der Waals surface area contributed by atoms with E-state index in [9.17, 15) is 0 Å². The van der Waals surface area contributed by atoms with Crippen LogP contribution in [0.15, 0.2) is 24.3 Å². The Hall–Kier alpha value is 0.293. The predicted molar refractivity (Wildman–Crippen MR) is 58.4 cm³/mol. The minimum atomic E-state index is 0. The van der Waals surface area contributed by atoms with Crippen molar-refractivity contribution < 1.29 is 51.0 Å². The second-order valence-corrected chi connectivity index (χ2v) is 3.74. The number of hydrogen-bond acceptors (Lipinski definition) is 0. The quantitative estimate of drug-likeness (QED) is 0.517. The van der Waals surface area contributed by atoms with Crippen LogP contribution in [0.5, 0.6) is 0 Å². The Morgan fingerprint density at radius 3 is 2.12 bits per heavy atom. The fourth-order valence-corrected chi connectivity index (χ4v) is 1.85. The Bertz CT molecular complexity index is 407. The molecule has 0 atom stereocenters. The van der Waals surface area contributed by atoms with Gasteiger partial charge in [-0.05, 0) is 13.3 Å². The van der Waals surface area contributed by atoms with Gasteiger partial charge in [-0.15, -0.1) is 34.0 Å². The average molecular weight is 333 g/mol. The Labute approximate surface area is 129 Å². The summed E-state index contributed by atoms with van der Waals surface area (Å²) >= 11 is 0. The number of hydrogen-bond donors (Lipinski definition) is 0. The first-order valence-corrected chi connectivity index (χ1v) is 4.88. The summed E-state index contributed by atoms with van der Waals surface area (Å²) in [5.74, 6) is 0. The van der Waals surface area contributed by atoms with E-state index in [0.29, 0.717) is 0 Å². The summed E-state index contributed by atoms with van der Waals surface area (Å²) < 4.78 is 0. The molecule has 2 aromatic carbocycles. The van der Waals surface area contributed by atoms with E-state index in [2.05, 4.69) is 45.0 Å². The first-order valence-electron chi connectivity index (χ1n) is 4.88. The third-order valence-electron chi connectivity index (χ3n) is 2.79. The maximum absolute atomic E-state index is 2.32. The summed E-state index contributed by atoms with van der Waals surface area (Å²) in [6, 6.07) is 9.05. The molecule has 16 heavy (non-hydrogen) atoms. The fourth-order valence-electron chi connectivity index (χ4n) is 1.85. The van der Waals surface area contributed by atoms with E-state index in [1.165, 1.54) is 27.5 Å². The Morgan fingerprint density at radius 2 is 1.62 bits per heavy atom. The number of rotatable bonds is 1. The molecule has 0 saturated carbocycles. The van der Waals surface area contributed by atoms with Crippen LogP contribution in [0.25, 0.3) is 10.8 Å². The Balaban J connectivity index is 0. The van der Waals surface area contributed by atoms with Crippen LogP contribution in [0, 0.1) is 13.8 Å². The van der Waals surface area contributed by atoms with Crippen molar-refractivity contribution in [3.63, 3.8) is 0 Å². The zero-order chi connectivity index (χ0) is 9.42. The van der Waals surface area contributed by atoms with Gasteiger partial charge >= 0.3 is 26.2 Å². The van der Waals surface area contributed by atoms with Crippen molar-refractivity contribution in [3.8, 4) is 0 Å². The van der Waals surface area contributed by atoms with Gasteiger partial charge in [0.25, 0.3) is 0 Å². The van der Waals surface area contributed by atoms with Gasteiger partial charge in [0.15, 0.2) is 0 Å². The number of fused-ring (bicyclic) bond motifs is 1. The molecule has 0 aliphatic heterocycles. The monoisotopic (exact) mass is 331 g/mol. The molecule has 0 amide bonds. The first-order chi connectivity index (χ1) is 6.22. The van der Waals surface area contributed by atoms with Crippen molar-refractivity contribution in [2.75, 3.05) is 0 Å². The first kappa shape index (κ1) is 18.7. The van der Waals surface area contributed by atoms with Crippen LogP contribution in [0.4, 0.5) is 0 Å². The fraction of sp³-hybridized carbons (Fsp3) is 0.308. The van der Waals surface area contributed by atoms with Gasteiger partial charge in [-0.25, -0.2) is 0 Å². The van der Waals surface area contributed by atoms with Gasteiger partial charge in [-0.3, -0.25) is 0 Å². The molecule has 1 radical (unpaired) electrons. The molecule has 85 valence electrons. The predicted octanol–water partition coefficient (Wildman–Crippen LogP) is -2.26. The SMILES string of the molecule is CCc1cc2c(C)ccc(C)c2[cH-]1.[Cl-].[Cl-].[Zr+3]. The van der Waals surface area contributed by atoms with E-state index in [1.807, 2.05) is 0 Å². The molecular weight excluding hydrogens is 318 g/mol. The largest absolute Gasteiger partial charge is 3.00 e. The van der Waals surface area contributed by atoms with E-state index in [0.717, 1.165) is 6.42 Å². The molecule has 0 bridgehead atoms. The normalized spacial score (nSPS) is 8.94. The molecule has 0 unspecified atom stereocenters. The van der Waals surface area contributed by atoms with Gasteiger partial charge in [0, 0.05) is 0 Å². The Kier molecular flexibility index (Phi) is 8.84. The third-order valence-corrected chi connectivity index (χ3v) is 2.79. The van der Waals surface area contributed by atoms with Gasteiger partial charge < -0.3 is 24.8 Å². The molecule has 0 nitrogen and oxygen atoms in total. The van der Waals surface area contributed by atoms with Crippen LogP contribution in [-0.2, 0) is 32.6 Å². The summed E-state index contributed by atoms with van der Waals surface area (Å²) in [6.07, 6.45) is 1.13. The van der Waals surface area contributed by atoms with Crippen molar-refractivity contribution in [1.29, 1.82) is 0 Å². The van der Waals surface area contributed by atoms with Crippen LogP contribution in [-0.4, -0.2) is 0 Å². The summed E-state index contributed by atoms with van der Waals surface area (Å²) in [7, 11) is 0. The maximum atomic E-state index is 2.32. The summed E-state index contributed by atoms with van der Waals surface area (Å²) in [5.41, 5.74) is 4.23.